The second-order valence-corrected chi connectivity index (χ2v) is 8.96. The Hall–Kier alpha value is -3.04. The lowest BCUT2D eigenvalue weighted by Crippen LogP contribution is -2.35. The maximum atomic E-state index is 12.5. The first-order chi connectivity index (χ1) is 14.3. The van der Waals surface area contributed by atoms with Crippen LogP contribution in [0.15, 0.2) is 64.6 Å². The summed E-state index contributed by atoms with van der Waals surface area (Å²) >= 11 is 0. The Morgan fingerprint density at radius 3 is 2.43 bits per heavy atom. The van der Waals surface area contributed by atoms with Gasteiger partial charge < -0.3 is 4.74 Å². The monoisotopic (exact) mass is 429 g/mol. The molecule has 0 fully saturated rings. The summed E-state index contributed by atoms with van der Waals surface area (Å²) in [7, 11) is -2.54. The summed E-state index contributed by atoms with van der Waals surface area (Å²) in [6.45, 7) is 1.26. The number of carbonyl (C=O) groups is 2. The van der Waals surface area contributed by atoms with Gasteiger partial charge in [-0.2, -0.15) is 9.41 Å². The van der Waals surface area contributed by atoms with Crippen LogP contribution < -0.4 is 0 Å². The number of esters is 1. The molecule has 8 nitrogen and oxygen atoms in total. The maximum Gasteiger partial charge on any atom is 0.321 e. The molecular formula is C21H23N3O5S. The molecule has 0 aliphatic carbocycles. The first-order valence-corrected chi connectivity index (χ1v) is 10.8. The molecule has 0 unspecified atom stereocenters. The summed E-state index contributed by atoms with van der Waals surface area (Å²) in [5, 5.41) is 5.55. The van der Waals surface area contributed by atoms with E-state index in [0.717, 1.165) is 21.1 Å². The van der Waals surface area contributed by atoms with Crippen LogP contribution in [-0.2, 0) is 24.3 Å². The Kier molecular flexibility index (Phi) is 6.63. The third kappa shape index (κ3) is 5.11. The number of hydrazone groups is 1. The van der Waals surface area contributed by atoms with E-state index in [2.05, 4.69) is 5.10 Å². The molecule has 0 atom stereocenters. The number of amides is 1. The van der Waals surface area contributed by atoms with E-state index < -0.39 is 35.1 Å². The first kappa shape index (κ1) is 21.7. The van der Waals surface area contributed by atoms with Gasteiger partial charge in [0.15, 0.2) is 6.61 Å². The fourth-order valence-electron chi connectivity index (χ4n) is 2.89. The third-order valence-electron chi connectivity index (χ3n) is 4.63. The number of nitrogens with zero attached hydrogens (tertiary/aromatic N) is 3. The number of hydrogen-bond donors (Lipinski definition) is 0. The second kappa shape index (κ2) is 9.19. The van der Waals surface area contributed by atoms with Gasteiger partial charge in [-0.15, -0.1) is 0 Å². The van der Waals surface area contributed by atoms with E-state index in [1.54, 1.807) is 12.1 Å². The van der Waals surface area contributed by atoms with Crippen molar-refractivity contribution in [3.63, 3.8) is 0 Å². The van der Waals surface area contributed by atoms with E-state index in [0.29, 0.717) is 13.0 Å². The highest BCUT2D eigenvalue weighted by Gasteiger charge is 2.25. The van der Waals surface area contributed by atoms with E-state index >= 15 is 0 Å². The number of likely N-dealkylation sites (N-methyl/N-ethyl adjacent to an activating group) is 1. The molecule has 30 heavy (non-hydrogen) atoms. The Labute approximate surface area is 175 Å². The Balaban J connectivity index is 1.52. The SMILES string of the molecule is Cc1ccc(S(=O)(=O)N(C)CC(=O)OCC(=O)N2CCC(c3ccccc3)=N2)cc1. The van der Waals surface area contributed by atoms with Crippen molar-refractivity contribution in [2.45, 2.75) is 18.2 Å². The lowest BCUT2D eigenvalue weighted by Gasteiger charge is -2.17. The van der Waals surface area contributed by atoms with Crippen molar-refractivity contribution in [1.82, 2.24) is 9.31 Å². The molecule has 1 amide bonds. The number of aryl methyl sites for hydroxylation is 1. The molecule has 1 heterocycles. The van der Waals surface area contributed by atoms with Gasteiger partial charge >= 0.3 is 5.97 Å². The standard InChI is InChI=1S/C21H23N3O5S/c1-16-8-10-18(11-9-16)30(27,28)23(2)14-21(26)29-15-20(25)24-13-12-19(22-24)17-6-4-3-5-7-17/h3-11H,12-15H2,1-2H3. The Morgan fingerprint density at radius 2 is 1.77 bits per heavy atom. The van der Waals surface area contributed by atoms with E-state index in [-0.39, 0.29) is 4.90 Å². The Morgan fingerprint density at radius 1 is 1.10 bits per heavy atom. The number of carbonyl (C=O) groups excluding carboxylic acids is 2. The van der Waals surface area contributed by atoms with Crippen molar-refractivity contribution in [3.05, 3.63) is 65.7 Å². The third-order valence-corrected chi connectivity index (χ3v) is 6.45. The van der Waals surface area contributed by atoms with Crippen molar-refractivity contribution < 1.29 is 22.7 Å². The molecule has 158 valence electrons. The van der Waals surface area contributed by atoms with Gasteiger partial charge in [0.1, 0.15) is 6.54 Å². The van der Waals surface area contributed by atoms with Crippen LogP contribution in [0.25, 0.3) is 0 Å². The molecule has 0 spiro atoms. The molecule has 0 aromatic heterocycles. The van der Waals surface area contributed by atoms with E-state index in [1.807, 2.05) is 37.3 Å². The van der Waals surface area contributed by atoms with Gasteiger partial charge in [0, 0.05) is 13.5 Å². The summed E-state index contributed by atoms with van der Waals surface area (Å²) in [4.78, 5) is 24.4. The minimum absolute atomic E-state index is 0.0827. The lowest BCUT2D eigenvalue weighted by molar-refractivity contribution is -0.151. The van der Waals surface area contributed by atoms with Crippen LogP contribution in [0.4, 0.5) is 0 Å². The van der Waals surface area contributed by atoms with Crippen LogP contribution in [-0.4, -0.2) is 62.1 Å². The zero-order valence-corrected chi connectivity index (χ0v) is 17.6. The van der Waals surface area contributed by atoms with E-state index in [4.69, 9.17) is 4.74 Å². The lowest BCUT2D eigenvalue weighted by atomic mass is 10.1. The fourth-order valence-corrected chi connectivity index (χ4v) is 4.01. The van der Waals surface area contributed by atoms with Crippen LogP contribution in [0.2, 0.25) is 0 Å². The highest BCUT2D eigenvalue weighted by molar-refractivity contribution is 7.89. The molecule has 1 aliphatic rings. The average molecular weight is 429 g/mol. The first-order valence-electron chi connectivity index (χ1n) is 9.39. The summed E-state index contributed by atoms with van der Waals surface area (Å²) in [6.07, 6.45) is 0.612. The molecule has 1 aliphatic heterocycles. The quantitative estimate of drug-likeness (QED) is 0.626. The van der Waals surface area contributed by atoms with Gasteiger partial charge in [-0.3, -0.25) is 9.59 Å². The van der Waals surface area contributed by atoms with Gasteiger partial charge in [0.2, 0.25) is 10.0 Å². The average Bonchev–Trinajstić information content (AvgIpc) is 3.23. The predicted octanol–water partition coefficient (Wildman–Crippen LogP) is 1.80. The summed E-state index contributed by atoms with van der Waals surface area (Å²) in [5.74, 6) is -1.27. The van der Waals surface area contributed by atoms with Crippen molar-refractivity contribution >= 4 is 27.6 Å². The zero-order chi connectivity index (χ0) is 21.7. The second-order valence-electron chi connectivity index (χ2n) is 6.91. The largest absolute Gasteiger partial charge is 0.455 e. The topological polar surface area (TPSA) is 96.3 Å². The number of rotatable bonds is 7. The molecule has 0 saturated carbocycles. The zero-order valence-electron chi connectivity index (χ0n) is 16.8. The van der Waals surface area contributed by atoms with Gasteiger partial charge in [-0.25, -0.2) is 13.4 Å². The molecule has 2 aromatic rings. The number of sulfonamides is 1. The molecule has 3 rings (SSSR count). The van der Waals surface area contributed by atoms with Crippen molar-refractivity contribution in [2.75, 3.05) is 26.7 Å². The molecule has 0 radical (unpaired) electrons. The number of benzene rings is 2. The number of hydrogen-bond acceptors (Lipinski definition) is 6. The van der Waals surface area contributed by atoms with Crippen molar-refractivity contribution in [3.8, 4) is 0 Å². The van der Waals surface area contributed by atoms with Crippen molar-refractivity contribution in [2.24, 2.45) is 5.10 Å². The van der Waals surface area contributed by atoms with Crippen LogP contribution in [0.1, 0.15) is 17.5 Å². The molecule has 9 heteroatoms. The van der Waals surface area contributed by atoms with Crippen LogP contribution in [0, 0.1) is 6.92 Å². The molecule has 0 N–H and O–H groups in total. The van der Waals surface area contributed by atoms with E-state index in [9.17, 15) is 18.0 Å². The predicted molar refractivity (Wildman–Crippen MR) is 111 cm³/mol. The molecule has 0 saturated heterocycles. The highest BCUT2D eigenvalue weighted by atomic mass is 32.2. The molecular weight excluding hydrogens is 406 g/mol. The van der Waals surface area contributed by atoms with Gasteiger partial charge in [0.25, 0.3) is 5.91 Å². The van der Waals surface area contributed by atoms with Crippen molar-refractivity contribution in [1.29, 1.82) is 0 Å². The van der Waals surface area contributed by atoms with Gasteiger partial charge in [-0.05, 0) is 24.6 Å². The number of ether oxygens (including phenoxy) is 1. The summed E-state index contributed by atoms with van der Waals surface area (Å²) < 4.78 is 30.9. The molecule has 2 aromatic carbocycles. The van der Waals surface area contributed by atoms with Crippen LogP contribution in [0.5, 0.6) is 0 Å². The van der Waals surface area contributed by atoms with Crippen LogP contribution in [0.3, 0.4) is 0 Å². The Bertz CT molecular complexity index is 1050. The minimum Gasteiger partial charge on any atom is -0.455 e. The van der Waals surface area contributed by atoms with Crippen LogP contribution >= 0.6 is 0 Å². The van der Waals surface area contributed by atoms with E-state index in [1.165, 1.54) is 24.2 Å². The van der Waals surface area contributed by atoms with Gasteiger partial charge in [0.05, 0.1) is 17.2 Å². The summed E-state index contributed by atoms with van der Waals surface area (Å²) in [6, 6.07) is 15.8. The smallest absolute Gasteiger partial charge is 0.321 e. The van der Waals surface area contributed by atoms with Gasteiger partial charge in [-0.1, -0.05) is 48.0 Å². The maximum absolute atomic E-state index is 12.5. The molecule has 0 bridgehead atoms. The normalized spacial score (nSPS) is 14.0. The minimum atomic E-state index is -3.83. The summed E-state index contributed by atoms with van der Waals surface area (Å²) in [5.41, 5.74) is 2.65. The fraction of sp³-hybridized carbons (Fsp3) is 0.286. The highest BCUT2D eigenvalue weighted by Crippen LogP contribution is 2.16.